The Labute approximate surface area is 223 Å². The van der Waals surface area contributed by atoms with Crippen LogP contribution in [0.3, 0.4) is 0 Å². The molecule has 3 aliphatic rings. The average molecular weight is 516 g/mol. The lowest BCUT2D eigenvalue weighted by Crippen LogP contribution is -2.39. The third-order valence-corrected chi connectivity index (χ3v) is 8.28. The smallest absolute Gasteiger partial charge is 0.310 e. The number of piperidine rings is 1. The Morgan fingerprint density at radius 1 is 1.18 bits per heavy atom. The van der Waals surface area contributed by atoms with Gasteiger partial charge in [-0.1, -0.05) is 20.3 Å². The summed E-state index contributed by atoms with van der Waals surface area (Å²) < 4.78 is 7.45. The van der Waals surface area contributed by atoms with E-state index in [1.54, 1.807) is 0 Å². The van der Waals surface area contributed by atoms with Crippen molar-refractivity contribution in [2.24, 2.45) is 11.8 Å². The Hall–Kier alpha value is -3.55. The van der Waals surface area contributed by atoms with Gasteiger partial charge in [0.15, 0.2) is 0 Å². The Morgan fingerprint density at radius 2 is 2.03 bits per heavy atom. The summed E-state index contributed by atoms with van der Waals surface area (Å²) in [4.78, 5) is 33.4. The molecule has 3 aromatic rings. The highest BCUT2D eigenvalue weighted by atomic mass is 16.5. The summed E-state index contributed by atoms with van der Waals surface area (Å²) in [5, 5.41) is 6.78. The number of imidazole rings is 1. The third kappa shape index (κ3) is 4.50. The summed E-state index contributed by atoms with van der Waals surface area (Å²) in [6.07, 6.45) is 5.07. The molecule has 3 unspecified atom stereocenters. The number of fused-ring (bicyclic) bond motifs is 5. The zero-order valence-electron chi connectivity index (χ0n) is 22.5. The fourth-order valence-corrected chi connectivity index (χ4v) is 5.87. The van der Waals surface area contributed by atoms with E-state index >= 15 is 0 Å². The number of anilines is 3. The van der Waals surface area contributed by atoms with Crippen LogP contribution in [0.4, 0.5) is 17.1 Å². The van der Waals surface area contributed by atoms with Gasteiger partial charge in [-0.05, 0) is 74.9 Å². The molecule has 2 aliphatic heterocycles. The van der Waals surface area contributed by atoms with Gasteiger partial charge in [0.25, 0.3) is 0 Å². The number of aromatic nitrogens is 2. The number of benzene rings is 2. The molecule has 2 N–H and O–H groups in total. The Bertz CT molecular complexity index is 1380. The second-order valence-corrected chi connectivity index (χ2v) is 11.0. The second-order valence-electron chi connectivity index (χ2n) is 11.0. The summed E-state index contributed by atoms with van der Waals surface area (Å²) in [5.74, 6) is 0.733. The first-order valence-electron chi connectivity index (χ1n) is 14.1. The van der Waals surface area contributed by atoms with Crippen LogP contribution in [-0.2, 0) is 14.3 Å². The Morgan fingerprint density at radius 3 is 2.79 bits per heavy atom. The van der Waals surface area contributed by atoms with Crippen LogP contribution in [0.15, 0.2) is 36.4 Å². The predicted molar refractivity (Wildman–Crippen MR) is 151 cm³/mol. The van der Waals surface area contributed by atoms with Crippen molar-refractivity contribution in [1.29, 1.82) is 0 Å². The van der Waals surface area contributed by atoms with E-state index in [1.165, 1.54) is 12.8 Å². The van der Waals surface area contributed by atoms with Crippen molar-refractivity contribution in [3.63, 3.8) is 0 Å². The first-order valence-corrected chi connectivity index (χ1v) is 14.1. The van der Waals surface area contributed by atoms with Crippen molar-refractivity contribution in [1.82, 2.24) is 9.55 Å². The molecule has 1 aromatic heterocycles. The number of amides is 1. The number of hydrogen-bond donors (Lipinski definition) is 2. The van der Waals surface area contributed by atoms with E-state index in [9.17, 15) is 9.59 Å². The van der Waals surface area contributed by atoms with Gasteiger partial charge in [-0.2, -0.15) is 0 Å². The number of nitrogens with zero attached hydrogens (tertiary/aromatic N) is 3. The minimum absolute atomic E-state index is 0.000984. The molecule has 1 saturated carbocycles. The molecular formula is C30H37N5O3. The van der Waals surface area contributed by atoms with Gasteiger partial charge in [0.1, 0.15) is 11.9 Å². The molecular weight excluding hydrogens is 478 g/mol. The summed E-state index contributed by atoms with van der Waals surface area (Å²) >= 11 is 0. The Kier molecular flexibility index (Phi) is 6.50. The second kappa shape index (κ2) is 9.97. The van der Waals surface area contributed by atoms with E-state index in [0.717, 1.165) is 65.3 Å². The maximum absolute atomic E-state index is 13.6. The first kappa shape index (κ1) is 24.8. The van der Waals surface area contributed by atoms with E-state index < -0.39 is 0 Å². The molecule has 1 amide bonds. The molecule has 38 heavy (non-hydrogen) atoms. The quantitative estimate of drug-likeness (QED) is 0.399. The van der Waals surface area contributed by atoms with Crippen molar-refractivity contribution in [2.45, 2.75) is 65.0 Å². The molecule has 3 heterocycles. The molecule has 2 fully saturated rings. The zero-order valence-corrected chi connectivity index (χ0v) is 22.5. The van der Waals surface area contributed by atoms with Gasteiger partial charge in [-0.3, -0.25) is 9.59 Å². The maximum Gasteiger partial charge on any atom is 0.310 e. The molecule has 6 rings (SSSR count). The van der Waals surface area contributed by atoms with E-state index in [-0.39, 0.29) is 29.8 Å². The third-order valence-electron chi connectivity index (χ3n) is 8.28. The van der Waals surface area contributed by atoms with Gasteiger partial charge < -0.3 is 24.8 Å². The molecule has 8 nitrogen and oxygen atoms in total. The maximum atomic E-state index is 13.6. The number of carbonyl (C=O) groups excluding carboxylic acids is 2. The largest absolute Gasteiger partial charge is 0.466 e. The minimum Gasteiger partial charge on any atom is -0.466 e. The lowest BCUT2D eigenvalue weighted by Gasteiger charge is -2.33. The summed E-state index contributed by atoms with van der Waals surface area (Å²) in [7, 11) is 0. The highest BCUT2D eigenvalue weighted by Crippen LogP contribution is 2.42. The van der Waals surface area contributed by atoms with E-state index in [4.69, 9.17) is 9.72 Å². The predicted octanol–water partition coefficient (Wildman–Crippen LogP) is 5.60. The number of hydrogen-bond acceptors (Lipinski definition) is 6. The molecule has 1 saturated heterocycles. The number of ether oxygens (including phenoxy) is 1. The van der Waals surface area contributed by atoms with Gasteiger partial charge in [0.2, 0.25) is 5.91 Å². The monoisotopic (exact) mass is 515 g/mol. The zero-order chi connectivity index (χ0) is 26.4. The van der Waals surface area contributed by atoms with E-state index in [2.05, 4.69) is 58.2 Å². The van der Waals surface area contributed by atoms with Crippen molar-refractivity contribution < 1.29 is 14.3 Å². The van der Waals surface area contributed by atoms with Gasteiger partial charge >= 0.3 is 5.97 Å². The first-order chi connectivity index (χ1) is 18.5. The van der Waals surface area contributed by atoms with Gasteiger partial charge in [-0.25, -0.2) is 4.98 Å². The van der Waals surface area contributed by atoms with Gasteiger partial charge in [-0.15, -0.1) is 0 Å². The van der Waals surface area contributed by atoms with Gasteiger partial charge in [0.05, 0.1) is 29.2 Å². The van der Waals surface area contributed by atoms with Crippen LogP contribution in [0.1, 0.15) is 58.9 Å². The van der Waals surface area contributed by atoms with Crippen LogP contribution in [0, 0.1) is 11.8 Å². The summed E-state index contributed by atoms with van der Waals surface area (Å²) in [6.45, 7) is 8.06. The molecule has 3 atom stereocenters. The molecule has 0 radical (unpaired) electrons. The van der Waals surface area contributed by atoms with Crippen LogP contribution in [-0.4, -0.2) is 47.2 Å². The van der Waals surface area contributed by atoms with Crippen molar-refractivity contribution in [3.8, 4) is 11.4 Å². The van der Waals surface area contributed by atoms with Crippen LogP contribution in [0.5, 0.6) is 0 Å². The SMILES string of the molecule is CCOC(=O)C1CCCN(c2ccc3c(c2)nc2n3C(C(C)CC)C(=O)Nc3ccc(NC4CC4)cc3-2)C1. The average Bonchev–Trinajstić information content (AvgIpc) is 3.69. The highest BCUT2D eigenvalue weighted by molar-refractivity contribution is 6.02. The van der Waals surface area contributed by atoms with Crippen molar-refractivity contribution >= 4 is 40.0 Å². The molecule has 0 spiro atoms. The lowest BCUT2D eigenvalue weighted by molar-refractivity contribution is -0.148. The molecule has 2 aromatic carbocycles. The fourth-order valence-electron chi connectivity index (χ4n) is 5.87. The number of esters is 1. The standard InChI is InChI=1S/C30H37N5O3/c1-4-18(3)27-29(36)33-24-12-10-21(31-20-8-9-20)15-23(24)28-32-25-16-22(11-13-26(25)35(27)28)34-14-6-7-19(17-34)30(37)38-5-2/h10-13,15-16,18-20,27,31H,4-9,14,17H2,1-3H3,(H,33,36). The molecule has 0 bridgehead atoms. The fraction of sp³-hybridized carbons (Fsp3) is 0.500. The highest BCUT2D eigenvalue weighted by Gasteiger charge is 2.35. The summed E-state index contributed by atoms with van der Waals surface area (Å²) in [5.41, 5.74) is 5.66. The van der Waals surface area contributed by atoms with Crippen molar-refractivity contribution in [3.05, 3.63) is 36.4 Å². The minimum atomic E-state index is -0.360. The van der Waals surface area contributed by atoms with Crippen LogP contribution < -0.4 is 15.5 Å². The van der Waals surface area contributed by atoms with Crippen LogP contribution in [0.25, 0.3) is 22.4 Å². The molecule has 8 heteroatoms. The number of carbonyl (C=O) groups is 2. The van der Waals surface area contributed by atoms with E-state index in [1.807, 2.05) is 19.1 Å². The molecule has 200 valence electrons. The number of nitrogens with one attached hydrogen (secondary N) is 2. The van der Waals surface area contributed by atoms with Crippen molar-refractivity contribution in [2.75, 3.05) is 35.2 Å². The van der Waals surface area contributed by atoms with E-state index in [0.29, 0.717) is 19.2 Å². The van der Waals surface area contributed by atoms with Crippen LogP contribution >= 0.6 is 0 Å². The van der Waals surface area contributed by atoms with Crippen LogP contribution in [0.2, 0.25) is 0 Å². The number of rotatable bonds is 7. The Balaban J connectivity index is 1.43. The topological polar surface area (TPSA) is 88.5 Å². The normalized spacial score (nSPS) is 21.8. The lowest BCUT2D eigenvalue weighted by atomic mass is 9.97. The van der Waals surface area contributed by atoms with Gasteiger partial charge in [0, 0.05) is 36.1 Å². The molecule has 1 aliphatic carbocycles. The summed E-state index contributed by atoms with van der Waals surface area (Å²) in [6, 6.07) is 12.6.